The molecular formula is C15H12ClF7N2O2. The number of carbonyl (C=O) groups excluding carboxylic acids is 1. The van der Waals surface area contributed by atoms with E-state index in [1.54, 1.807) is 0 Å². The van der Waals surface area contributed by atoms with Gasteiger partial charge in [-0.3, -0.25) is 4.79 Å². The Morgan fingerprint density at radius 1 is 1.19 bits per heavy atom. The van der Waals surface area contributed by atoms with Gasteiger partial charge in [0, 0.05) is 22.7 Å². The Hall–Kier alpha value is -1.88. The predicted molar refractivity (Wildman–Crippen MR) is 80.9 cm³/mol. The van der Waals surface area contributed by atoms with E-state index in [1.807, 2.05) is 0 Å². The van der Waals surface area contributed by atoms with Gasteiger partial charge in [-0.05, 0) is 30.7 Å². The summed E-state index contributed by atoms with van der Waals surface area (Å²) in [5, 5.41) is 13.3. The molecule has 1 atom stereocenters. The van der Waals surface area contributed by atoms with Crippen LogP contribution in [0.1, 0.15) is 30.1 Å². The van der Waals surface area contributed by atoms with Crippen molar-refractivity contribution in [3.8, 4) is 0 Å². The molecule has 0 aliphatic carbocycles. The molecule has 150 valence electrons. The third kappa shape index (κ3) is 3.27. The van der Waals surface area contributed by atoms with Crippen molar-refractivity contribution < 1.29 is 40.6 Å². The molecule has 0 saturated carbocycles. The van der Waals surface area contributed by atoms with Crippen LogP contribution in [-0.4, -0.2) is 45.5 Å². The zero-order valence-electron chi connectivity index (χ0n) is 13.5. The van der Waals surface area contributed by atoms with Crippen molar-refractivity contribution in [1.82, 2.24) is 5.01 Å². The van der Waals surface area contributed by atoms with Gasteiger partial charge >= 0.3 is 18.0 Å². The second-order valence-electron chi connectivity index (χ2n) is 5.78. The molecule has 4 nitrogen and oxygen atoms in total. The van der Waals surface area contributed by atoms with Crippen molar-refractivity contribution in [2.45, 2.75) is 43.5 Å². The zero-order chi connectivity index (χ0) is 20.8. The number of amides is 1. The van der Waals surface area contributed by atoms with Gasteiger partial charge in [0.25, 0.3) is 5.91 Å². The van der Waals surface area contributed by atoms with Gasteiger partial charge in [-0.25, -0.2) is 0 Å². The molecule has 0 spiro atoms. The van der Waals surface area contributed by atoms with Crippen LogP contribution in [0.3, 0.4) is 0 Å². The first-order valence-corrected chi connectivity index (χ1v) is 7.78. The minimum atomic E-state index is -6.67. The van der Waals surface area contributed by atoms with Crippen LogP contribution in [0, 0.1) is 0 Å². The SMILES string of the molecule is CCC1=NN(C(=O)c2ccc(Cl)cc2)[C@@](O)(C(F)(F)C(F)(F)C(F)(F)F)C1. The molecule has 0 radical (unpaired) electrons. The van der Waals surface area contributed by atoms with Crippen molar-refractivity contribution in [1.29, 1.82) is 0 Å². The number of alkyl halides is 7. The molecule has 0 unspecified atom stereocenters. The average molecular weight is 421 g/mol. The van der Waals surface area contributed by atoms with Gasteiger partial charge in [0.15, 0.2) is 0 Å². The van der Waals surface area contributed by atoms with Crippen LogP contribution in [0.25, 0.3) is 0 Å². The van der Waals surface area contributed by atoms with E-state index in [1.165, 1.54) is 6.92 Å². The standard InChI is InChI=1S/C15H12ClF7N2O2/c1-2-10-7-12(27,13(17,18)14(19,20)15(21,22)23)25(24-10)11(26)8-3-5-9(16)6-4-8/h3-6,27H,2,7H2,1H3/t12-/m0/s1. The monoisotopic (exact) mass is 420 g/mol. The zero-order valence-corrected chi connectivity index (χ0v) is 14.3. The average Bonchev–Trinajstić information content (AvgIpc) is 2.92. The number of rotatable bonds is 4. The van der Waals surface area contributed by atoms with Crippen molar-refractivity contribution in [3.63, 3.8) is 0 Å². The van der Waals surface area contributed by atoms with E-state index in [0.717, 1.165) is 24.3 Å². The fourth-order valence-electron chi connectivity index (χ4n) is 2.42. The summed E-state index contributed by atoms with van der Waals surface area (Å²) in [5.74, 6) is -14.2. The summed E-state index contributed by atoms with van der Waals surface area (Å²) in [7, 11) is 0. The highest BCUT2D eigenvalue weighted by molar-refractivity contribution is 6.30. The number of halogens is 8. The molecule has 1 aliphatic heterocycles. The fraction of sp³-hybridized carbons (Fsp3) is 0.467. The third-order valence-corrected chi connectivity index (χ3v) is 4.24. The summed E-state index contributed by atoms with van der Waals surface area (Å²) in [6.45, 7) is 1.34. The van der Waals surface area contributed by atoms with E-state index in [0.29, 0.717) is 0 Å². The lowest BCUT2D eigenvalue weighted by Gasteiger charge is -2.41. The molecule has 27 heavy (non-hydrogen) atoms. The van der Waals surface area contributed by atoms with E-state index >= 15 is 0 Å². The van der Waals surface area contributed by atoms with Gasteiger partial charge in [0.1, 0.15) is 0 Å². The largest absolute Gasteiger partial charge is 0.460 e. The number of benzene rings is 1. The first-order chi connectivity index (χ1) is 12.2. The summed E-state index contributed by atoms with van der Waals surface area (Å²) in [5.41, 5.74) is -4.96. The Morgan fingerprint density at radius 3 is 2.15 bits per heavy atom. The van der Waals surface area contributed by atoms with Crippen LogP contribution >= 0.6 is 11.6 Å². The van der Waals surface area contributed by atoms with Gasteiger partial charge < -0.3 is 5.11 Å². The van der Waals surface area contributed by atoms with Gasteiger partial charge in [-0.1, -0.05) is 18.5 Å². The van der Waals surface area contributed by atoms with Crippen molar-refractivity contribution in [2.75, 3.05) is 0 Å². The summed E-state index contributed by atoms with van der Waals surface area (Å²) in [4.78, 5) is 12.4. The maximum Gasteiger partial charge on any atom is 0.460 e. The van der Waals surface area contributed by atoms with E-state index in [2.05, 4.69) is 5.10 Å². The Balaban J connectivity index is 2.55. The molecule has 1 aliphatic rings. The normalized spacial score (nSPS) is 21.4. The van der Waals surface area contributed by atoms with Crippen molar-refractivity contribution >= 4 is 23.2 Å². The Labute approximate surface area is 153 Å². The minimum absolute atomic E-state index is 0.148. The van der Waals surface area contributed by atoms with Crippen LogP contribution in [0.5, 0.6) is 0 Å². The first kappa shape index (κ1) is 21.4. The molecule has 0 saturated heterocycles. The lowest BCUT2D eigenvalue weighted by atomic mass is 9.92. The quantitative estimate of drug-likeness (QED) is 0.731. The van der Waals surface area contributed by atoms with E-state index in [9.17, 15) is 40.6 Å². The molecule has 2 rings (SSSR count). The number of aliphatic hydroxyl groups is 1. The maximum absolute atomic E-state index is 14.3. The highest BCUT2D eigenvalue weighted by Gasteiger charge is 2.82. The molecule has 12 heteroatoms. The third-order valence-electron chi connectivity index (χ3n) is 3.99. The fourth-order valence-corrected chi connectivity index (χ4v) is 2.54. The summed E-state index contributed by atoms with van der Waals surface area (Å²) in [6, 6.07) is 4.36. The molecule has 1 N–H and O–H groups in total. The van der Waals surface area contributed by atoms with Crippen LogP contribution in [0.15, 0.2) is 29.4 Å². The molecule has 1 aromatic rings. The number of hydrogen-bond donors (Lipinski definition) is 1. The Bertz CT molecular complexity index is 764. The second kappa shape index (κ2) is 6.62. The summed E-state index contributed by atoms with van der Waals surface area (Å²) in [6.07, 6.45) is -8.21. The second-order valence-corrected chi connectivity index (χ2v) is 6.22. The Kier molecular flexibility index (Phi) is 5.25. The number of nitrogens with zero attached hydrogens (tertiary/aromatic N) is 2. The van der Waals surface area contributed by atoms with Crippen LogP contribution in [0.4, 0.5) is 30.7 Å². The molecule has 1 heterocycles. The van der Waals surface area contributed by atoms with Gasteiger partial charge in [0.2, 0.25) is 5.72 Å². The Morgan fingerprint density at radius 2 is 1.70 bits per heavy atom. The van der Waals surface area contributed by atoms with Crippen molar-refractivity contribution in [3.05, 3.63) is 34.9 Å². The van der Waals surface area contributed by atoms with Gasteiger partial charge in [0.05, 0.1) is 0 Å². The first-order valence-electron chi connectivity index (χ1n) is 7.40. The van der Waals surface area contributed by atoms with Gasteiger partial charge in [-0.15, -0.1) is 0 Å². The van der Waals surface area contributed by atoms with Crippen LogP contribution in [-0.2, 0) is 0 Å². The topological polar surface area (TPSA) is 52.9 Å². The smallest absolute Gasteiger partial charge is 0.364 e. The van der Waals surface area contributed by atoms with Crippen LogP contribution in [0.2, 0.25) is 5.02 Å². The highest BCUT2D eigenvalue weighted by Crippen LogP contribution is 2.54. The summed E-state index contributed by atoms with van der Waals surface area (Å²) >= 11 is 5.61. The number of hydrogen-bond acceptors (Lipinski definition) is 3. The number of carbonyl (C=O) groups is 1. The molecule has 1 aromatic carbocycles. The lowest BCUT2D eigenvalue weighted by molar-refractivity contribution is -0.400. The van der Waals surface area contributed by atoms with Crippen molar-refractivity contribution in [2.24, 2.45) is 5.10 Å². The van der Waals surface area contributed by atoms with Gasteiger partial charge in [-0.2, -0.15) is 40.8 Å². The molecule has 0 fully saturated rings. The van der Waals surface area contributed by atoms with E-state index in [4.69, 9.17) is 11.6 Å². The predicted octanol–water partition coefficient (Wildman–Crippen LogP) is 4.47. The summed E-state index contributed by atoms with van der Waals surface area (Å²) < 4.78 is 93.1. The van der Waals surface area contributed by atoms with E-state index < -0.39 is 46.6 Å². The van der Waals surface area contributed by atoms with E-state index in [-0.39, 0.29) is 17.2 Å². The lowest BCUT2D eigenvalue weighted by Crippen LogP contribution is -2.69. The molecular weight excluding hydrogens is 409 g/mol. The highest BCUT2D eigenvalue weighted by atomic mass is 35.5. The maximum atomic E-state index is 14.3. The minimum Gasteiger partial charge on any atom is -0.364 e. The molecule has 1 amide bonds. The molecule has 0 bridgehead atoms. The number of hydrazone groups is 1. The van der Waals surface area contributed by atoms with Crippen LogP contribution < -0.4 is 0 Å². The molecule has 0 aromatic heterocycles.